The Kier molecular flexibility index (Phi) is 6.72. The number of hydrogen-bond acceptors (Lipinski definition) is 4. The van der Waals surface area contributed by atoms with Crippen LogP contribution < -0.4 is 0 Å². The molecule has 0 atom stereocenters. The van der Waals surface area contributed by atoms with E-state index in [4.69, 9.17) is 4.74 Å². The number of esters is 1. The summed E-state index contributed by atoms with van der Waals surface area (Å²) in [5.41, 5.74) is 2.59. The molecule has 1 aromatic heterocycles. The van der Waals surface area contributed by atoms with Gasteiger partial charge in [-0.3, -0.25) is 14.4 Å². The minimum absolute atomic E-state index is 0.00547. The van der Waals surface area contributed by atoms with Crippen LogP contribution in [0.4, 0.5) is 0 Å². The van der Waals surface area contributed by atoms with Crippen LogP contribution >= 0.6 is 0 Å². The van der Waals surface area contributed by atoms with Crippen molar-refractivity contribution >= 4 is 28.7 Å². The third kappa shape index (κ3) is 5.27. The number of aromatic nitrogens is 1. The molecule has 0 saturated carbocycles. The molecule has 3 rings (SSSR count). The number of ether oxygens (including phenoxy) is 1. The summed E-state index contributed by atoms with van der Waals surface area (Å²) in [4.78, 5) is 43.8. The maximum absolute atomic E-state index is 12.9. The molecule has 31 heavy (non-hydrogen) atoms. The van der Waals surface area contributed by atoms with E-state index in [-0.39, 0.29) is 35.7 Å². The van der Waals surface area contributed by atoms with E-state index in [1.54, 1.807) is 18.9 Å². The van der Waals surface area contributed by atoms with Crippen molar-refractivity contribution in [2.24, 2.45) is 5.92 Å². The normalized spacial score (nSPS) is 15.2. The van der Waals surface area contributed by atoms with E-state index in [1.165, 1.54) is 10.5 Å². The van der Waals surface area contributed by atoms with Gasteiger partial charge in [-0.2, -0.15) is 0 Å². The van der Waals surface area contributed by atoms with Crippen molar-refractivity contribution < 1.29 is 19.1 Å². The summed E-state index contributed by atoms with van der Waals surface area (Å²) in [6, 6.07) is 8.00. The zero-order valence-corrected chi connectivity index (χ0v) is 19.2. The fourth-order valence-electron chi connectivity index (χ4n) is 3.91. The van der Waals surface area contributed by atoms with Crippen molar-refractivity contribution in [2.45, 2.75) is 46.0 Å². The molecule has 2 aromatic rings. The summed E-state index contributed by atoms with van der Waals surface area (Å²) in [5.74, 6) is -0.657. The van der Waals surface area contributed by atoms with Crippen molar-refractivity contribution in [1.29, 1.82) is 0 Å². The van der Waals surface area contributed by atoms with Crippen LogP contribution in [0, 0.1) is 5.92 Å². The number of likely N-dealkylation sites (tertiary alicyclic amines) is 1. The van der Waals surface area contributed by atoms with Crippen molar-refractivity contribution in [3.63, 3.8) is 0 Å². The Morgan fingerprint density at radius 1 is 1.16 bits per heavy atom. The lowest BCUT2D eigenvalue weighted by Gasteiger charge is -2.32. The first kappa shape index (κ1) is 22.8. The molecule has 2 heterocycles. The van der Waals surface area contributed by atoms with Gasteiger partial charge in [0.2, 0.25) is 5.91 Å². The molecule has 7 heteroatoms. The van der Waals surface area contributed by atoms with Crippen molar-refractivity contribution in [3.8, 4) is 0 Å². The molecular weight excluding hydrogens is 394 g/mol. The fraction of sp³-hybridized carbons (Fsp3) is 0.542. The highest BCUT2D eigenvalue weighted by atomic mass is 16.5. The molecule has 168 valence electrons. The maximum Gasteiger partial charge on any atom is 0.309 e. The zero-order chi connectivity index (χ0) is 22.8. The van der Waals surface area contributed by atoms with Crippen LogP contribution in [-0.2, 0) is 19.7 Å². The maximum atomic E-state index is 12.9. The Bertz CT molecular complexity index is 965. The Hall–Kier alpha value is -2.83. The van der Waals surface area contributed by atoms with E-state index in [0.717, 1.165) is 10.9 Å². The van der Waals surface area contributed by atoms with E-state index >= 15 is 0 Å². The largest absolute Gasteiger partial charge is 0.466 e. The topological polar surface area (TPSA) is 82.7 Å². The van der Waals surface area contributed by atoms with Gasteiger partial charge in [0.15, 0.2) is 0 Å². The molecule has 1 saturated heterocycles. The molecular formula is C24H33N3O4. The third-order valence-electron chi connectivity index (χ3n) is 5.91. The molecule has 0 aliphatic carbocycles. The van der Waals surface area contributed by atoms with Gasteiger partial charge in [0.1, 0.15) is 5.69 Å². The number of piperidine rings is 1. The van der Waals surface area contributed by atoms with Crippen LogP contribution in [0.1, 0.15) is 56.6 Å². The van der Waals surface area contributed by atoms with Gasteiger partial charge in [-0.05, 0) is 42.9 Å². The fourth-order valence-corrected chi connectivity index (χ4v) is 3.91. The molecule has 1 aliphatic heterocycles. The SMILES string of the molecule is CCOC(=O)C1CCN(C(=O)CN(C)C(=O)c2cc3ccc(C(C)(C)C)cc3[nH]2)CC1. The smallest absolute Gasteiger partial charge is 0.309 e. The highest BCUT2D eigenvalue weighted by Gasteiger charge is 2.29. The molecule has 1 aromatic carbocycles. The van der Waals surface area contributed by atoms with Crippen LogP contribution in [0.15, 0.2) is 24.3 Å². The lowest BCUT2D eigenvalue weighted by molar-refractivity contribution is -0.151. The average molecular weight is 428 g/mol. The van der Waals surface area contributed by atoms with Gasteiger partial charge in [-0.1, -0.05) is 32.9 Å². The number of rotatable bonds is 5. The number of nitrogens with zero attached hydrogens (tertiary/aromatic N) is 2. The van der Waals surface area contributed by atoms with Crippen LogP contribution in [0.25, 0.3) is 10.9 Å². The number of fused-ring (bicyclic) bond motifs is 1. The Labute approximate surface area is 183 Å². The number of carbonyl (C=O) groups excluding carboxylic acids is 3. The average Bonchev–Trinajstić information content (AvgIpc) is 3.16. The molecule has 1 N–H and O–H groups in total. The number of nitrogens with one attached hydrogen (secondary N) is 1. The van der Waals surface area contributed by atoms with E-state index < -0.39 is 0 Å². The summed E-state index contributed by atoms with van der Waals surface area (Å²) in [5, 5.41) is 0.970. The van der Waals surface area contributed by atoms with Crippen LogP contribution in [-0.4, -0.2) is 65.9 Å². The molecule has 0 unspecified atom stereocenters. The lowest BCUT2D eigenvalue weighted by Crippen LogP contribution is -2.45. The number of hydrogen-bond donors (Lipinski definition) is 1. The first-order valence-corrected chi connectivity index (χ1v) is 10.9. The molecule has 0 radical (unpaired) electrons. The lowest BCUT2D eigenvalue weighted by atomic mass is 9.87. The Morgan fingerprint density at radius 3 is 2.45 bits per heavy atom. The van der Waals surface area contributed by atoms with E-state index in [9.17, 15) is 14.4 Å². The first-order valence-electron chi connectivity index (χ1n) is 10.9. The van der Waals surface area contributed by atoms with Gasteiger partial charge < -0.3 is 19.5 Å². The number of aromatic amines is 1. The zero-order valence-electron chi connectivity index (χ0n) is 19.2. The Morgan fingerprint density at radius 2 is 1.84 bits per heavy atom. The molecule has 2 amide bonds. The van der Waals surface area contributed by atoms with Gasteiger partial charge in [-0.25, -0.2) is 0 Å². The predicted molar refractivity (Wildman–Crippen MR) is 120 cm³/mol. The van der Waals surface area contributed by atoms with Gasteiger partial charge >= 0.3 is 5.97 Å². The molecule has 1 aliphatic rings. The van der Waals surface area contributed by atoms with Crippen molar-refractivity contribution in [2.75, 3.05) is 33.3 Å². The van der Waals surface area contributed by atoms with Gasteiger partial charge in [0.05, 0.1) is 19.1 Å². The second-order valence-electron chi connectivity index (χ2n) is 9.30. The standard InChI is InChI=1S/C24H33N3O4/c1-6-31-23(30)16-9-11-27(12-10-16)21(28)15-26(5)22(29)20-13-17-7-8-18(24(2,3)4)14-19(17)25-20/h7-8,13-14,16,25H,6,9-12,15H2,1-5H3. The first-order chi connectivity index (χ1) is 14.6. The highest BCUT2D eigenvalue weighted by Crippen LogP contribution is 2.26. The molecule has 0 spiro atoms. The summed E-state index contributed by atoms with van der Waals surface area (Å²) < 4.78 is 5.07. The minimum Gasteiger partial charge on any atom is -0.466 e. The number of H-pyrrole nitrogens is 1. The second kappa shape index (κ2) is 9.12. The second-order valence-corrected chi connectivity index (χ2v) is 9.30. The summed E-state index contributed by atoms with van der Waals surface area (Å²) >= 11 is 0. The van der Waals surface area contributed by atoms with Crippen LogP contribution in [0.5, 0.6) is 0 Å². The van der Waals surface area contributed by atoms with Crippen molar-refractivity contribution in [3.05, 3.63) is 35.5 Å². The summed E-state index contributed by atoms with van der Waals surface area (Å²) in [7, 11) is 1.64. The highest BCUT2D eigenvalue weighted by molar-refractivity contribution is 5.99. The molecule has 7 nitrogen and oxygen atoms in total. The quantitative estimate of drug-likeness (QED) is 0.742. The van der Waals surface area contributed by atoms with E-state index in [0.29, 0.717) is 38.2 Å². The summed E-state index contributed by atoms with van der Waals surface area (Å²) in [6.07, 6.45) is 1.20. The van der Waals surface area contributed by atoms with E-state index in [1.807, 2.05) is 12.1 Å². The monoisotopic (exact) mass is 427 g/mol. The number of amides is 2. The Balaban J connectivity index is 1.60. The van der Waals surface area contributed by atoms with Crippen molar-refractivity contribution in [1.82, 2.24) is 14.8 Å². The van der Waals surface area contributed by atoms with Gasteiger partial charge in [0.25, 0.3) is 5.91 Å². The van der Waals surface area contributed by atoms with Crippen LogP contribution in [0.2, 0.25) is 0 Å². The number of benzene rings is 1. The predicted octanol–water partition coefficient (Wildman–Crippen LogP) is 3.34. The third-order valence-corrected chi connectivity index (χ3v) is 5.91. The number of carbonyl (C=O) groups is 3. The van der Waals surface area contributed by atoms with Gasteiger partial charge in [0, 0.05) is 31.0 Å². The van der Waals surface area contributed by atoms with Crippen LogP contribution in [0.3, 0.4) is 0 Å². The summed E-state index contributed by atoms with van der Waals surface area (Å²) in [6.45, 7) is 9.63. The molecule has 1 fully saturated rings. The molecule has 0 bridgehead atoms. The minimum atomic E-state index is -0.219. The number of likely N-dealkylation sites (N-methyl/N-ethyl adjacent to an activating group) is 1. The van der Waals surface area contributed by atoms with Gasteiger partial charge in [-0.15, -0.1) is 0 Å². The van der Waals surface area contributed by atoms with E-state index in [2.05, 4.69) is 37.9 Å².